The Kier molecular flexibility index (Phi) is 1.32. The van der Waals surface area contributed by atoms with Crippen molar-refractivity contribution < 1.29 is 12.6 Å². The van der Waals surface area contributed by atoms with E-state index in [4.69, 9.17) is 9.92 Å². The van der Waals surface area contributed by atoms with Crippen molar-refractivity contribution in [1.82, 2.24) is 0 Å². The Labute approximate surface area is 77.6 Å². The normalized spacial score (nSPS) is 61.7. The van der Waals surface area contributed by atoms with Gasteiger partial charge in [-0.25, -0.2) is 0 Å². The van der Waals surface area contributed by atoms with Crippen molar-refractivity contribution in [1.29, 1.82) is 0 Å². The summed E-state index contributed by atoms with van der Waals surface area (Å²) in [5.41, 5.74) is 5.92. The maximum absolute atomic E-state index is 11.6. The second-order valence-corrected chi connectivity index (χ2v) is 6.24. The van der Waals surface area contributed by atoms with E-state index < -0.39 is 10.1 Å². The minimum absolute atomic E-state index is 0.0616. The number of hydrogen-bond donors (Lipinski definition) is 1. The molecule has 0 aromatic rings. The molecule has 0 amide bonds. The Morgan fingerprint density at radius 3 is 2.69 bits per heavy atom. The highest BCUT2D eigenvalue weighted by Gasteiger charge is 2.66. The van der Waals surface area contributed by atoms with Gasteiger partial charge in [0, 0.05) is 12.0 Å². The van der Waals surface area contributed by atoms with Crippen LogP contribution in [0.25, 0.3) is 0 Å². The number of nitrogens with two attached hydrogens (primary N) is 1. The van der Waals surface area contributed by atoms with Crippen LogP contribution >= 0.6 is 0 Å². The molecule has 1 aliphatic heterocycles. The summed E-state index contributed by atoms with van der Waals surface area (Å²) >= 11 is 0. The van der Waals surface area contributed by atoms with Crippen molar-refractivity contribution in [3.8, 4) is 0 Å². The third-order valence-corrected chi connectivity index (χ3v) is 5.97. The quantitative estimate of drug-likeness (QED) is 0.549. The van der Waals surface area contributed by atoms with Gasteiger partial charge in [-0.2, -0.15) is 8.42 Å². The molecule has 0 spiro atoms. The van der Waals surface area contributed by atoms with E-state index in [2.05, 4.69) is 0 Å². The van der Waals surface area contributed by atoms with Crippen LogP contribution < -0.4 is 5.73 Å². The molecule has 74 valence electrons. The highest BCUT2D eigenvalue weighted by Crippen LogP contribution is 2.56. The van der Waals surface area contributed by atoms with E-state index in [9.17, 15) is 8.42 Å². The fraction of sp³-hybridized carbons (Fsp3) is 1.00. The monoisotopic (exact) mass is 203 g/mol. The smallest absolute Gasteiger partial charge is 0.271 e. The van der Waals surface area contributed by atoms with Crippen LogP contribution in [0, 0.1) is 17.8 Å². The van der Waals surface area contributed by atoms with E-state index in [-0.39, 0.29) is 29.2 Å². The van der Waals surface area contributed by atoms with Gasteiger partial charge < -0.3 is 5.73 Å². The molecule has 3 aliphatic rings. The molecule has 6 atom stereocenters. The molecule has 13 heavy (non-hydrogen) atoms. The maximum atomic E-state index is 11.6. The van der Waals surface area contributed by atoms with Crippen LogP contribution in [0.5, 0.6) is 0 Å². The molecule has 5 heteroatoms. The largest absolute Gasteiger partial charge is 0.325 e. The first-order valence-corrected chi connectivity index (χ1v) is 6.17. The highest BCUT2D eigenvalue weighted by molar-refractivity contribution is 7.87. The van der Waals surface area contributed by atoms with E-state index in [1.807, 2.05) is 6.92 Å². The molecule has 6 unspecified atom stereocenters. The molecule has 1 heterocycles. The minimum Gasteiger partial charge on any atom is -0.325 e. The molecule has 4 nitrogen and oxygen atoms in total. The fourth-order valence-corrected chi connectivity index (χ4v) is 5.62. The van der Waals surface area contributed by atoms with Crippen molar-refractivity contribution in [3.05, 3.63) is 0 Å². The predicted molar refractivity (Wildman–Crippen MR) is 46.3 cm³/mol. The second kappa shape index (κ2) is 2.10. The van der Waals surface area contributed by atoms with Crippen molar-refractivity contribution in [2.45, 2.75) is 30.7 Å². The summed E-state index contributed by atoms with van der Waals surface area (Å²) in [4.78, 5) is 0. The minimum atomic E-state index is -3.29. The first kappa shape index (κ1) is 8.20. The highest BCUT2D eigenvalue weighted by atomic mass is 32.2. The molecule has 0 aromatic carbocycles. The lowest BCUT2D eigenvalue weighted by atomic mass is 9.85. The van der Waals surface area contributed by atoms with Crippen molar-refractivity contribution in [3.63, 3.8) is 0 Å². The zero-order valence-electron chi connectivity index (χ0n) is 7.38. The van der Waals surface area contributed by atoms with Crippen LogP contribution in [0.15, 0.2) is 0 Å². The average molecular weight is 203 g/mol. The summed E-state index contributed by atoms with van der Waals surface area (Å²) in [5.74, 6) is 0.723. The van der Waals surface area contributed by atoms with E-state index in [1.165, 1.54) is 0 Å². The van der Waals surface area contributed by atoms with Gasteiger partial charge in [0.25, 0.3) is 10.1 Å². The lowest BCUT2D eigenvalue weighted by Crippen LogP contribution is -2.44. The van der Waals surface area contributed by atoms with Gasteiger partial charge >= 0.3 is 0 Å². The number of rotatable bonds is 0. The van der Waals surface area contributed by atoms with Gasteiger partial charge in [-0.05, 0) is 18.3 Å². The Hall–Kier alpha value is -0.130. The molecule has 3 rings (SSSR count). The van der Waals surface area contributed by atoms with Crippen LogP contribution in [0.3, 0.4) is 0 Å². The van der Waals surface area contributed by atoms with E-state index in [0.717, 1.165) is 6.42 Å². The first-order chi connectivity index (χ1) is 6.02. The van der Waals surface area contributed by atoms with Crippen LogP contribution in [-0.4, -0.2) is 25.8 Å². The van der Waals surface area contributed by atoms with Gasteiger partial charge in [-0.3, -0.25) is 4.18 Å². The fourth-order valence-electron chi connectivity index (χ4n) is 3.49. The Morgan fingerprint density at radius 2 is 2.08 bits per heavy atom. The molecule has 0 aromatic heterocycles. The maximum Gasteiger partial charge on any atom is 0.271 e. The zero-order chi connectivity index (χ0) is 9.38. The van der Waals surface area contributed by atoms with Crippen molar-refractivity contribution >= 4 is 10.1 Å². The summed E-state index contributed by atoms with van der Waals surface area (Å²) in [7, 11) is -3.29. The summed E-state index contributed by atoms with van der Waals surface area (Å²) in [5, 5.41) is -0.262. The molecule has 0 radical (unpaired) electrons. The predicted octanol–water partition coefficient (Wildman–Crippen LogP) is -0.303. The number of fused-ring (bicyclic) bond motifs is 1. The summed E-state index contributed by atoms with van der Waals surface area (Å²) in [6.07, 6.45) is 0.730. The standard InChI is InChI=1S/C8H13NO3S/c1-3-4-2-5-7(6(4)9)12-13(10,11)8(3)5/h3-8H,2,9H2,1H3. The van der Waals surface area contributed by atoms with Gasteiger partial charge in [-0.1, -0.05) is 6.92 Å². The average Bonchev–Trinajstić information content (AvgIpc) is 2.54. The molecular formula is C8H13NO3S. The molecule has 2 saturated carbocycles. The third-order valence-electron chi connectivity index (χ3n) is 4.03. The zero-order valence-corrected chi connectivity index (χ0v) is 8.20. The number of hydrogen-bond acceptors (Lipinski definition) is 4. The van der Waals surface area contributed by atoms with Crippen LogP contribution in [0.2, 0.25) is 0 Å². The second-order valence-electron chi connectivity index (χ2n) is 4.52. The Morgan fingerprint density at radius 1 is 1.38 bits per heavy atom. The lowest BCUT2D eigenvalue weighted by Gasteiger charge is -2.26. The molecular weight excluding hydrogens is 190 g/mol. The van der Waals surface area contributed by atoms with Gasteiger partial charge in [0.2, 0.25) is 0 Å². The lowest BCUT2D eigenvalue weighted by molar-refractivity contribution is 0.157. The summed E-state index contributed by atoms with van der Waals surface area (Å²) in [6, 6.07) is -0.0616. The van der Waals surface area contributed by atoms with Crippen LogP contribution in [-0.2, 0) is 14.3 Å². The molecule has 1 saturated heterocycles. The first-order valence-electron chi connectivity index (χ1n) is 4.70. The Bertz CT molecular complexity index is 352. The van der Waals surface area contributed by atoms with Gasteiger partial charge in [0.05, 0.1) is 11.4 Å². The molecule has 2 N–H and O–H groups in total. The van der Waals surface area contributed by atoms with Crippen LogP contribution in [0.1, 0.15) is 13.3 Å². The third kappa shape index (κ3) is 0.765. The SMILES string of the molecule is CC1C2CC3C(OS(=O)(=O)C13)C2N. The topological polar surface area (TPSA) is 69.4 Å². The van der Waals surface area contributed by atoms with E-state index >= 15 is 0 Å². The summed E-state index contributed by atoms with van der Waals surface area (Å²) in [6.45, 7) is 1.98. The Balaban J connectivity index is 2.14. The molecule has 2 bridgehead atoms. The van der Waals surface area contributed by atoms with Crippen LogP contribution in [0.4, 0.5) is 0 Å². The van der Waals surface area contributed by atoms with Gasteiger partial charge in [0.1, 0.15) is 0 Å². The van der Waals surface area contributed by atoms with E-state index in [0.29, 0.717) is 5.92 Å². The van der Waals surface area contributed by atoms with Gasteiger partial charge in [-0.15, -0.1) is 0 Å². The summed E-state index contributed by atoms with van der Waals surface area (Å²) < 4.78 is 28.2. The van der Waals surface area contributed by atoms with E-state index in [1.54, 1.807) is 0 Å². The van der Waals surface area contributed by atoms with Gasteiger partial charge in [0.15, 0.2) is 0 Å². The van der Waals surface area contributed by atoms with Crippen molar-refractivity contribution in [2.24, 2.45) is 23.5 Å². The molecule has 3 fully saturated rings. The molecule has 2 aliphatic carbocycles. The van der Waals surface area contributed by atoms with Crippen molar-refractivity contribution in [2.75, 3.05) is 0 Å².